The first-order chi connectivity index (χ1) is 12.5. The van der Waals surface area contributed by atoms with Gasteiger partial charge in [0.05, 0.1) is 6.33 Å². The van der Waals surface area contributed by atoms with Gasteiger partial charge < -0.3 is 20.7 Å². The Morgan fingerprint density at radius 3 is 2.56 bits per heavy atom. The number of nitrogens with two attached hydrogens (primary N) is 1. The maximum absolute atomic E-state index is 10.2. The molecule has 0 amide bonds. The molecule has 15 nitrogen and oxygen atoms in total. The van der Waals surface area contributed by atoms with E-state index in [1.54, 1.807) is 0 Å². The van der Waals surface area contributed by atoms with Crippen LogP contribution in [0.5, 0.6) is 0 Å². The zero-order chi connectivity index (χ0) is 20.0. The van der Waals surface area contributed by atoms with Crippen molar-refractivity contribution in [2.45, 2.75) is 24.5 Å². The quantitative estimate of drug-likeness (QED) is 0.253. The zero-order valence-electron chi connectivity index (χ0n) is 13.2. The fraction of sp³-hybridized carbons (Fsp3) is 0.500. The number of rotatable bonds is 6. The first-order valence-corrected chi connectivity index (χ1v) is 10.1. The summed E-state index contributed by atoms with van der Waals surface area (Å²) in [5.41, 5.74) is 6.15. The SMILES string of the molecule is Nc1ncnc2c1ncn2[C@@H]1O[C@H](CO[P+](O)(O)OS(O)(O)O)[C@@H](O)[C@H]1O. The van der Waals surface area contributed by atoms with Gasteiger partial charge in [-0.1, -0.05) is 0 Å². The van der Waals surface area contributed by atoms with E-state index in [1.165, 1.54) is 17.2 Å². The molecule has 9 N–H and O–H groups in total. The minimum atomic E-state index is -4.83. The van der Waals surface area contributed by atoms with Crippen molar-refractivity contribution < 1.29 is 46.9 Å². The summed E-state index contributed by atoms with van der Waals surface area (Å²) in [6, 6.07) is 0. The molecule has 3 heterocycles. The monoisotopic (exact) mass is 430 g/mol. The van der Waals surface area contributed by atoms with E-state index in [0.29, 0.717) is 0 Å². The molecule has 0 bridgehead atoms. The number of hydrogen-bond acceptors (Lipinski definition) is 14. The topological polar surface area (TPSA) is 239 Å². The summed E-state index contributed by atoms with van der Waals surface area (Å²) in [5, 5.41) is 20.3. The standard InChI is InChI=1S/C10H16N5O10PS/c11-8-5-9(13-2-12-8)15(3-14-5)10-7(17)6(16)4(24-10)1-23-26(18,19)25-27(20,21)22/h2-4,6-7,10,16-19H,1H2,(H4-,11,12,13,20,21,22)/p+1/t4-,6-,7-,10-/m1/s1. The summed E-state index contributed by atoms with van der Waals surface area (Å²) in [7, 11) is -4.83. The van der Waals surface area contributed by atoms with Gasteiger partial charge in [0.15, 0.2) is 17.7 Å². The van der Waals surface area contributed by atoms with Crippen LogP contribution >= 0.6 is 19.3 Å². The number of aliphatic hydroxyl groups excluding tert-OH is 2. The highest BCUT2D eigenvalue weighted by molar-refractivity contribution is 8.17. The van der Waals surface area contributed by atoms with Crippen molar-refractivity contribution in [1.29, 1.82) is 0 Å². The first kappa shape index (κ1) is 20.5. The predicted octanol–water partition coefficient (Wildman–Crippen LogP) is -1.14. The molecule has 1 fully saturated rings. The van der Waals surface area contributed by atoms with Crippen molar-refractivity contribution >= 4 is 36.3 Å². The van der Waals surface area contributed by atoms with E-state index < -0.39 is 50.5 Å². The number of imidazole rings is 1. The van der Waals surface area contributed by atoms with Gasteiger partial charge in [-0.2, -0.15) is 9.79 Å². The second-order valence-electron chi connectivity index (χ2n) is 5.46. The van der Waals surface area contributed by atoms with Gasteiger partial charge in [-0.15, -0.1) is 4.52 Å². The molecule has 0 aliphatic carbocycles. The Labute approximate surface area is 153 Å². The van der Waals surface area contributed by atoms with E-state index in [4.69, 9.17) is 24.1 Å². The Kier molecular flexibility index (Phi) is 5.52. The summed E-state index contributed by atoms with van der Waals surface area (Å²) in [5.74, 6) is 0.0990. The molecule has 0 unspecified atom stereocenters. The van der Waals surface area contributed by atoms with E-state index in [2.05, 4.69) is 23.4 Å². The van der Waals surface area contributed by atoms with Gasteiger partial charge in [-0.25, -0.2) is 15.0 Å². The second kappa shape index (κ2) is 7.28. The molecule has 1 aliphatic heterocycles. The summed E-state index contributed by atoms with van der Waals surface area (Å²) >= 11 is -4.69. The number of fused-ring (bicyclic) bond motifs is 1. The van der Waals surface area contributed by atoms with Crippen LogP contribution in [0.4, 0.5) is 5.82 Å². The van der Waals surface area contributed by atoms with Crippen molar-refractivity contribution in [2.75, 3.05) is 12.3 Å². The predicted molar refractivity (Wildman–Crippen MR) is 89.5 cm³/mol. The minimum Gasteiger partial charge on any atom is -0.387 e. The fourth-order valence-corrected chi connectivity index (χ4v) is 4.03. The van der Waals surface area contributed by atoms with Crippen LogP contribution in [-0.2, 0) is 13.2 Å². The van der Waals surface area contributed by atoms with Crippen LogP contribution in [0.3, 0.4) is 0 Å². The van der Waals surface area contributed by atoms with Crippen LogP contribution in [0.25, 0.3) is 11.2 Å². The van der Waals surface area contributed by atoms with Crippen LogP contribution in [0.1, 0.15) is 6.23 Å². The van der Waals surface area contributed by atoms with Crippen molar-refractivity contribution in [3.8, 4) is 0 Å². The lowest BCUT2D eigenvalue weighted by molar-refractivity contribution is -0.0521. The molecule has 4 atom stereocenters. The van der Waals surface area contributed by atoms with Crippen LogP contribution in [-0.4, -0.2) is 78.1 Å². The highest BCUT2D eigenvalue weighted by atomic mass is 32.3. The number of ether oxygens (including phenoxy) is 1. The third kappa shape index (κ3) is 4.43. The lowest BCUT2D eigenvalue weighted by atomic mass is 10.1. The van der Waals surface area contributed by atoms with E-state index in [1.807, 2.05) is 0 Å². The molecule has 1 saturated heterocycles. The third-order valence-corrected chi connectivity index (χ3v) is 5.66. The first-order valence-electron chi connectivity index (χ1n) is 7.14. The average Bonchev–Trinajstić information content (AvgIpc) is 3.07. The summed E-state index contributed by atoms with van der Waals surface area (Å²) in [6.07, 6.45) is -3.01. The Morgan fingerprint density at radius 1 is 1.19 bits per heavy atom. The fourth-order valence-electron chi connectivity index (χ4n) is 2.48. The van der Waals surface area contributed by atoms with Crippen LogP contribution in [0.2, 0.25) is 0 Å². The number of anilines is 1. The average molecular weight is 430 g/mol. The molecule has 0 radical (unpaired) electrons. The molecule has 0 spiro atoms. The Hall–Kier alpha value is -1.27. The summed E-state index contributed by atoms with van der Waals surface area (Å²) in [4.78, 5) is 30.6. The van der Waals surface area contributed by atoms with E-state index in [0.717, 1.165) is 0 Å². The van der Waals surface area contributed by atoms with Crippen LogP contribution in [0.15, 0.2) is 12.7 Å². The third-order valence-electron chi connectivity index (χ3n) is 3.60. The van der Waals surface area contributed by atoms with Crippen molar-refractivity contribution in [3.05, 3.63) is 12.7 Å². The zero-order valence-corrected chi connectivity index (χ0v) is 15.0. The number of aliphatic hydroxyl groups is 2. The smallest absolute Gasteiger partial charge is 0.387 e. The number of nitrogens with zero attached hydrogens (tertiary/aromatic N) is 4. The molecule has 27 heavy (non-hydrogen) atoms. The molecule has 3 rings (SSSR count). The Bertz CT molecular complexity index is 817. The van der Waals surface area contributed by atoms with Crippen molar-refractivity contribution in [1.82, 2.24) is 19.5 Å². The molecular formula is C10H17N5O10PS+. The largest absolute Gasteiger partial charge is 0.586 e. The van der Waals surface area contributed by atoms with E-state index in [-0.39, 0.29) is 17.0 Å². The number of aromatic nitrogens is 4. The lowest BCUT2D eigenvalue weighted by Gasteiger charge is -2.19. The van der Waals surface area contributed by atoms with Gasteiger partial charge in [-0.05, 0) is 3.97 Å². The van der Waals surface area contributed by atoms with Crippen LogP contribution in [0, 0.1) is 0 Å². The maximum Gasteiger partial charge on any atom is 0.586 e. The van der Waals surface area contributed by atoms with E-state index >= 15 is 0 Å². The van der Waals surface area contributed by atoms with Gasteiger partial charge in [0.2, 0.25) is 0 Å². The van der Waals surface area contributed by atoms with Gasteiger partial charge in [0.25, 0.3) is 11.2 Å². The second-order valence-corrected chi connectivity index (χ2v) is 8.23. The van der Waals surface area contributed by atoms with Crippen molar-refractivity contribution in [3.63, 3.8) is 0 Å². The highest BCUT2D eigenvalue weighted by Gasteiger charge is 2.51. The molecule has 2 aromatic heterocycles. The summed E-state index contributed by atoms with van der Waals surface area (Å²) in [6.45, 7) is -0.727. The highest BCUT2D eigenvalue weighted by Crippen LogP contribution is 2.62. The summed E-state index contributed by atoms with van der Waals surface area (Å²) < 4.78 is 41.2. The lowest BCUT2D eigenvalue weighted by Crippen LogP contribution is -2.34. The van der Waals surface area contributed by atoms with Gasteiger partial charge in [-0.3, -0.25) is 18.2 Å². The molecule has 152 valence electrons. The van der Waals surface area contributed by atoms with Crippen molar-refractivity contribution in [2.24, 2.45) is 0 Å². The normalized spacial score (nSPS) is 27.4. The molecule has 1 aliphatic rings. The van der Waals surface area contributed by atoms with E-state index in [9.17, 15) is 20.0 Å². The van der Waals surface area contributed by atoms with Gasteiger partial charge in [0, 0.05) is 0 Å². The molecular weight excluding hydrogens is 413 g/mol. The number of nitrogen functional groups attached to an aromatic ring is 1. The number of hydrogen-bond donors (Lipinski definition) is 8. The minimum absolute atomic E-state index is 0.0990. The Morgan fingerprint density at radius 2 is 1.89 bits per heavy atom. The molecule has 17 heteroatoms. The molecule has 2 aromatic rings. The van der Waals surface area contributed by atoms with Crippen LogP contribution < -0.4 is 5.73 Å². The van der Waals surface area contributed by atoms with Gasteiger partial charge >= 0.3 is 8.17 Å². The Balaban J connectivity index is 1.73. The molecule has 0 aromatic carbocycles. The maximum atomic E-state index is 10.2. The molecule has 0 saturated carbocycles. The van der Waals surface area contributed by atoms with Gasteiger partial charge in [0.1, 0.15) is 36.8 Å².